The second-order valence-electron chi connectivity index (χ2n) is 5.98. The molecule has 0 amide bonds. The molecular formula is C19H15ClN4O. The summed E-state index contributed by atoms with van der Waals surface area (Å²) in [5.74, 6) is 0.478. The molecule has 0 aliphatic carbocycles. The summed E-state index contributed by atoms with van der Waals surface area (Å²) in [7, 11) is 0. The van der Waals surface area contributed by atoms with Crippen LogP contribution in [0, 0.1) is 13.8 Å². The van der Waals surface area contributed by atoms with E-state index in [1.807, 2.05) is 50.2 Å². The molecule has 4 rings (SSSR count). The van der Waals surface area contributed by atoms with Crippen LogP contribution in [0.3, 0.4) is 0 Å². The zero-order valence-electron chi connectivity index (χ0n) is 13.7. The lowest BCUT2D eigenvalue weighted by Gasteiger charge is -2.03. The van der Waals surface area contributed by atoms with Crippen LogP contribution < -0.4 is 0 Å². The minimum Gasteiger partial charge on any atom is -0.493 e. The molecule has 0 spiro atoms. The van der Waals surface area contributed by atoms with E-state index in [0.717, 1.165) is 32.9 Å². The first-order valence-corrected chi connectivity index (χ1v) is 8.19. The third-order valence-corrected chi connectivity index (χ3v) is 4.45. The van der Waals surface area contributed by atoms with Crippen molar-refractivity contribution >= 4 is 44.9 Å². The molecule has 0 unspecified atom stereocenters. The Labute approximate surface area is 149 Å². The van der Waals surface area contributed by atoms with Gasteiger partial charge in [0.2, 0.25) is 5.88 Å². The van der Waals surface area contributed by atoms with Gasteiger partial charge in [0.25, 0.3) is 0 Å². The van der Waals surface area contributed by atoms with Crippen molar-refractivity contribution in [1.82, 2.24) is 9.97 Å². The number of nitrogens with one attached hydrogen (secondary N) is 1. The largest absolute Gasteiger partial charge is 0.493 e. The fraction of sp³-hybridized carbons (Fsp3) is 0.105. The summed E-state index contributed by atoms with van der Waals surface area (Å²) in [4.78, 5) is 7.44. The van der Waals surface area contributed by atoms with Crippen LogP contribution in [-0.4, -0.2) is 15.1 Å². The zero-order chi connectivity index (χ0) is 17.6. The molecule has 0 fully saturated rings. The Hall–Kier alpha value is -2.92. The van der Waals surface area contributed by atoms with Crippen LogP contribution in [0.4, 0.5) is 11.5 Å². The number of para-hydroxylation sites is 1. The number of halogens is 1. The molecule has 0 bridgehead atoms. The lowest BCUT2D eigenvalue weighted by molar-refractivity contribution is 0.459. The predicted molar refractivity (Wildman–Crippen MR) is 100 cm³/mol. The highest BCUT2D eigenvalue weighted by atomic mass is 35.5. The number of nitrogens with zero attached hydrogens (tertiary/aromatic N) is 3. The number of hydrogen-bond acceptors (Lipinski definition) is 4. The number of aryl methyl sites for hydroxylation is 2. The Balaban J connectivity index is 1.80. The average Bonchev–Trinajstić information content (AvgIpc) is 2.91. The topological polar surface area (TPSA) is 73.6 Å². The summed E-state index contributed by atoms with van der Waals surface area (Å²) in [6, 6.07) is 13.2. The van der Waals surface area contributed by atoms with Crippen molar-refractivity contribution in [3.63, 3.8) is 0 Å². The number of azo groups is 1. The van der Waals surface area contributed by atoms with Gasteiger partial charge in [0.15, 0.2) is 11.5 Å². The van der Waals surface area contributed by atoms with Crippen molar-refractivity contribution in [3.8, 4) is 5.88 Å². The van der Waals surface area contributed by atoms with Gasteiger partial charge in [-0.2, -0.15) is 0 Å². The minimum absolute atomic E-state index is 0.00246. The van der Waals surface area contributed by atoms with E-state index < -0.39 is 0 Å². The van der Waals surface area contributed by atoms with Gasteiger partial charge < -0.3 is 10.1 Å². The van der Waals surface area contributed by atoms with E-state index in [4.69, 9.17) is 11.6 Å². The Kier molecular flexibility index (Phi) is 3.66. The van der Waals surface area contributed by atoms with Crippen LogP contribution in [0.15, 0.2) is 52.7 Å². The van der Waals surface area contributed by atoms with Crippen LogP contribution in [0.25, 0.3) is 21.8 Å². The normalized spacial score (nSPS) is 11.8. The Morgan fingerprint density at radius 1 is 1.00 bits per heavy atom. The number of rotatable bonds is 2. The van der Waals surface area contributed by atoms with E-state index >= 15 is 0 Å². The fourth-order valence-electron chi connectivity index (χ4n) is 2.94. The number of benzene rings is 2. The fourth-order valence-corrected chi connectivity index (χ4v) is 3.11. The number of aromatic amines is 1. The van der Waals surface area contributed by atoms with Gasteiger partial charge in [-0.25, -0.2) is 4.98 Å². The summed E-state index contributed by atoms with van der Waals surface area (Å²) < 4.78 is 0. The van der Waals surface area contributed by atoms with Crippen molar-refractivity contribution in [2.45, 2.75) is 13.8 Å². The van der Waals surface area contributed by atoms with Crippen LogP contribution in [0.5, 0.6) is 5.88 Å². The van der Waals surface area contributed by atoms with E-state index in [9.17, 15) is 5.11 Å². The molecule has 4 aromatic rings. The molecule has 2 N–H and O–H groups in total. The summed E-state index contributed by atoms with van der Waals surface area (Å²) in [5.41, 5.74) is 4.11. The SMILES string of the molecule is Cc1cc(N=Nc2c(O)[nH]c3c(C)cccc23)nc2ccc(Cl)cc12. The van der Waals surface area contributed by atoms with Crippen LogP contribution >= 0.6 is 11.6 Å². The predicted octanol–water partition coefficient (Wildman–Crippen LogP) is 6.11. The molecule has 0 aliphatic rings. The zero-order valence-corrected chi connectivity index (χ0v) is 14.5. The third kappa shape index (κ3) is 2.72. The molecule has 2 aromatic carbocycles. The number of aromatic hydroxyl groups is 1. The van der Waals surface area contributed by atoms with Crippen LogP contribution in [0.2, 0.25) is 5.02 Å². The van der Waals surface area contributed by atoms with Crippen molar-refractivity contribution in [2.24, 2.45) is 10.2 Å². The molecule has 0 atom stereocenters. The highest BCUT2D eigenvalue weighted by molar-refractivity contribution is 6.31. The van der Waals surface area contributed by atoms with Crippen molar-refractivity contribution in [1.29, 1.82) is 0 Å². The summed E-state index contributed by atoms with van der Waals surface area (Å²) in [5, 5.41) is 21.1. The number of fused-ring (bicyclic) bond motifs is 2. The van der Waals surface area contributed by atoms with E-state index in [0.29, 0.717) is 16.5 Å². The molecule has 2 aromatic heterocycles. The molecule has 0 aliphatic heterocycles. The molecule has 25 heavy (non-hydrogen) atoms. The van der Waals surface area contributed by atoms with Crippen molar-refractivity contribution < 1.29 is 5.11 Å². The monoisotopic (exact) mass is 350 g/mol. The van der Waals surface area contributed by atoms with Gasteiger partial charge >= 0.3 is 0 Å². The van der Waals surface area contributed by atoms with Crippen molar-refractivity contribution in [2.75, 3.05) is 0 Å². The smallest absolute Gasteiger partial charge is 0.218 e. The average molecular weight is 351 g/mol. The Morgan fingerprint density at radius 2 is 1.84 bits per heavy atom. The molecule has 5 nitrogen and oxygen atoms in total. The van der Waals surface area contributed by atoms with E-state index in [1.165, 1.54) is 0 Å². The van der Waals surface area contributed by atoms with Crippen molar-refractivity contribution in [3.05, 3.63) is 58.6 Å². The van der Waals surface area contributed by atoms with E-state index in [-0.39, 0.29) is 5.88 Å². The number of pyridine rings is 1. The Morgan fingerprint density at radius 3 is 2.68 bits per heavy atom. The first-order valence-electron chi connectivity index (χ1n) is 7.82. The lowest BCUT2D eigenvalue weighted by Crippen LogP contribution is -1.83. The maximum atomic E-state index is 10.1. The standard InChI is InChI=1S/C19H15ClN4O/c1-10-4-3-5-13-17(10)22-19(25)18(13)24-23-16-8-11(2)14-9-12(20)6-7-15(14)21-16/h3-9,22,25H,1-2H3. The quantitative estimate of drug-likeness (QED) is 0.428. The Bertz CT molecular complexity index is 1150. The van der Waals surface area contributed by atoms with Gasteiger partial charge in [-0.3, -0.25) is 0 Å². The van der Waals surface area contributed by atoms with E-state index in [1.54, 1.807) is 6.07 Å². The van der Waals surface area contributed by atoms with Crippen LogP contribution in [0.1, 0.15) is 11.1 Å². The van der Waals surface area contributed by atoms with E-state index in [2.05, 4.69) is 20.2 Å². The molecule has 0 saturated carbocycles. The van der Waals surface area contributed by atoms with Crippen LogP contribution in [-0.2, 0) is 0 Å². The first-order chi connectivity index (χ1) is 12.0. The first kappa shape index (κ1) is 15.6. The van der Waals surface area contributed by atoms with Gasteiger partial charge in [0.1, 0.15) is 0 Å². The maximum absolute atomic E-state index is 10.1. The molecule has 2 heterocycles. The second-order valence-corrected chi connectivity index (χ2v) is 6.41. The molecule has 0 saturated heterocycles. The van der Waals surface area contributed by atoms with Gasteiger partial charge in [0, 0.05) is 15.8 Å². The highest BCUT2D eigenvalue weighted by Gasteiger charge is 2.12. The second kappa shape index (κ2) is 5.86. The number of aromatic nitrogens is 2. The van der Waals surface area contributed by atoms with Gasteiger partial charge in [-0.05, 0) is 49.2 Å². The third-order valence-electron chi connectivity index (χ3n) is 4.21. The van der Waals surface area contributed by atoms with Gasteiger partial charge in [-0.15, -0.1) is 10.2 Å². The molecule has 124 valence electrons. The number of H-pyrrole nitrogens is 1. The number of hydrogen-bond donors (Lipinski definition) is 2. The minimum atomic E-state index is -0.00246. The molecule has 6 heteroatoms. The van der Waals surface area contributed by atoms with Gasteiger partial charge in [-0.1, -0.05) is 29.8 Å². The maximum Gasteiger partial charge on any atom is 0.218 e. The summed E-state index contributed by atoms with van der Waals surface area (Å²) in [6.45, 7) is 3.95. The highest BCUT2D eigenvalue weighted by Crippen LogP contribution is 2.37. The summed E-state index contributed by atoms with van der Waals surface area (Å²) in [6.07, 6.45) is 0. The van der Waals surface area contributed by atoms with Gasteiger partial charge in [0.05, 0.1) is 11.0 Å². The lowest BCUT2D eigenvalue weighted by atomic mass is 10.1. The summed E-state index contributed by atoms with van der Waals surface area (Å²) >= 11 is 6.04. The molecule has 0 radical (unpaired) electrons. The molecular weight excluding hydrogens is 336 g/mol.